The summed E-state index contributed by atoms with van der Waals surface area (Å²) in [4.78, 5) is 12.1. The maximum absolute atomic E-state index is 12.1. The van der Waals surface area contributed by atoms with Crippen molar-refractivity contribution in [2.75, 3.05) is 11.9 Å². The molecule has 6 heteroatoms. The predicted molar refractivity (Wildman–Crippen MR) is 78.6 cm³/mol. The molecular weight excluding hydrogens is 310 g/mol. The van der Waals surface area contributed by atoms with Gasteiger partial charge < -0.3 is 10.1 Å². The summed E-state index contributed by atoms with van der Waals surface area (Å²) in [6.45, 7) is 6.70. The van der Waals surface area contributed by atoms with Crippen molar-refractivity contribution in [1.82, 2.24) is 9.78 Å². The zero-order valence-corrected chi connectivity index (χ0v) is 13.1. The van der Waals surface area contributed by atoms with E-state index in [1.807, 2.05) is 13.8 Å². The Balaban J connectivity index is 2.17. The van der Waals surface area contributed by atoms with Gasteiger partial charge in [0, 0.05) is 12.6 Å². The molecule has 2 unspecified atom stereocenters. The van der Waals surface area contributed by atoms with Crippen molar-refractivity contribution < 1.29 is 4.74 Å². The van der Waals surface area contributed by atoms with Crippen LogP contribution in [0.3, 0.4) is 0 Å². The smallest absolute Gasteiger partial charge is 0.283 e. The number of rotatable bonds is 3. The van der Waals surface area contributed by atoms with E-state index in [9.17, 15) is 4.79 Å². The third-order valence-corrected chi connectivity index (χ3v) is 4.04. The minimum atomic E-state index is -0.0971. The molecule has 1 aromatic heterocycles. The molecule has 0 amide bonds. The second-order valence-corrected chi connectivity index (χ2v) is 6.06. The fourth-order valence-corrected chi connectivity index (χ4v) is 2.66. The molecule has 1 aliphatic rings. The summed E-state index contributed by atoms with van der Waals surface area (Å²) in [6, 6.07) is 0.386. The van der Waals surface area contributed by atoms with Gasteiger partial charge in [-0.15, -0.1) is 0 Å². The van der Waals surface area contributed by atoms with Crippen molar-refractivity contribution >= 4 is 21.6 Å². The largest absolute Gasteiger partial charge is 0.380 e. The van der Waals surface area contributed by atoms with Crippen molar-refractivity contribution in [1.29, 1.82) is 0 Å². The van der Waals surface area contributed by atoms with Gasteiger partial charge in [-0.2, -0.15) is 5.10 Å². The van der Waals surface area contributed by atoms with Gasteiger partial charge in [0.05, 0.1) is 24.0 Å². The Morgan fingerprint density at radius 3 is 2.95 bits per heavy atom. The molecule has 2 rings (SSSR count). The van der Waals surface area contributed by atoms with Crippen molar-refractivity contribution in [2.45, 2.75) is 51.8 Å². The lowest BCUT2D eigenvalue weighted by molar-refractivity contribution is 0.0232. The van der Waals surface area contributed by atoms with Crippen molar-refractivity contribution in [3.63, 3.8) is 0 Å². The summed E-state index contributed by atoms with van der Waals surface area (Å²) in [5.74, 6) is 0. The summed E-state index contributed by atoms with van der Waals surface area (Å²) in [5.41, 5.74) is 0.668. The van der Waals surface area contributed by atoms with E-state index in [0.717, 1.165) is 25.1 Å². The Morgan fingerprint density at radius 2 is 2.32 bits per heavy atom. The van der Waals surface area contributed by atoms with Gasteiger partial charge >= 0.3 is 0 Å². The minimum absolute atomic E-state index is 0.0564. The average molecular weight is 330 g/mol. The molecule has 0 aliphatic carbocycles. The van der Waals surface area contributed by atoms with Crippen LogP contribution in [-0.4, -0.2) is 28.5 Å². The molecule has 1 aliphatic heterocycles. The third kappa shape index (κ3) is 3.36. The van der Waals surface area contributed by atoms with Gasteiger partial charge in [-0.3, -0.25) is 4.79 Å². The molecule has 106 valence electrons. The summed E-state index contributed by atoms with van der Waals surface area (Å²) < 4.78 is 7.54. The molecule has 1 aromatic rings. The molecule has 0 saturated carbocycles. The maximum Gasteiger partial charge on any atom is 0.283 e. The number of nitrogens with zero attached hydrogens (tertiary/aromatic N) is 2. The topological polar surface area (TPSA) is 56.2 Å². The highest BCUT2D eigenvalue weighted by molar-refractivity contribution is 9.10. The zero-order chi connectivity index (χ0) is 14.0. The van der Waals surface area contributed by atoms with E-state index in [4.69, 9.17) is 4.74 Å². The fraction of sp³-hybridized carbons (Fsp3) is 0.692. The van der Waals surface area contributed by atoms with Gasteiger partial charge in [0.25, 0.3) is 5.56 Å². The molecule has 2 heterocycles. The molecule has 0 bridgehead atoms. The Kier molecular flexibility index (Phi) is 4.62. The lowest BCUT2D eigenvalue weighted by atomic mass is 10.0. The standard InChI is InChI=1S/C13H20BrN3O2/c1-8(2)17-13(18)12(14)11(7-15-17)16-10-4-5-19-9(3)6-10/h7-10,16H,4-6H2,1-3H3. The van der Waals surface area contributed by atoms with Gasteiger partial charge in [0.2, 0.25) is 0 Å². The van der Waals surface area contributed by atoms with E-state index in [2.05, 4.69) is 33.3 Å². The molecule has 0 radical (unpaired) electrons. The molecule has 5 nitrogen and oxygen atoms in total. The highest BCUT2D eigenvalue weighted by Crippen LogP contribution is 2.22. The maximum atomic E-state index is 12.1. The van der Waals surface area contributed by atoms with Gasteiger partial charge in [-0.05, 0) is 49.5 Å². The number of ether oxygens (including phenoxy) is 1. The minimum Gasteiger partial charge on any atom is -0.380 e. The first-order valence-corrected chi connectivity index (χ1v) is 7.43. The molecule has 19 heavy (non-hydrogen) atoms. The van der Waals surface area contributed by atoms with Gasteiger partial charge in [-0.25, -0.2) is 4.68 Å². The molecule has 1 N–H and O–H groups in total. The summed E-state index contributed by atoms with van der Waals surface area (Å²) in [7, 11) is 0. The van der Waals surface area contributed by atoms with Crippen molar-refractivity contribution in [2.24, 2.45) is 0 Å². The Hall–Kier alpha value is -0.880. The van der Waals surface area contributed by atoms with Crippen molar-refractivity contribution in [3.8, 4) is 0 Å². The number of hydrogen-bond acceptors (Lipinski definition) is 4. The lowest BCUT2D eigenvalue weighted by Crippen LogP contribution is -2.34. The number of halogens is 1. The molecule has 0 aromatic carbocycles. The van der Waals surface area contributed by atoms with Crippen LogP contribution in [0.5, 0.6) is 0 Å². The Morgan fingerprint density at radius 1 is 1.58 bits per heavy atom. The zero-order valence-electron chi connectivity index (χ0n) is 11.5. The quantitative estimate of drug-likeness (QED) is 0.925. The van der Waals surface area contributed by atoms with Crippen LogP contribution in [0.15, 0.2) is 15.5 Å². The average Bonchev–Trinajstić information content (AvgIpc) is 2.35. The van der Waals surface area contributed by atoms with E-state index in [-0.39, 0.29) is 17.7 Å². The van der Waals surface area contributed by atoms with Gasteiger partial charge in [0.15, 0.2) is 0 Å². The summed E-state index contributed by atoms with van der Waals surface area (Å²) >= 11 is 3.37. The normalized spacial score (nSPS) is 23.6. The van der Waals surface area contributed by atoms with Crippen LogP contribution >= 0.6 is 15.9 Å². The van der Waals surface area contributed by atoms with Crippen molar-refractivity contribution in [3.05, 3.63) is 21.0 Å². The summed E-state index contributed by atoms with van der Waals surface area (Å²) in [5, 5.41) is 7.59. The predicted octanol–water partition coefficient (Wildman–Crippen LogP) is 2.57. The van der Waals surface area contributed by atoms with Crippen LogP contribution in [0.4, 0.5) is 5.69 Å². The monoisotopic (exact) mass is 329 g/mol. The third-order valence-electron chi connectivity index (χ3n) is 3.28. The Labute approximate surface area is 121 Å². The number of anilines is 1. The molecule has 0 spiro atoms. The van der Waals surface area contributed by atoms with E-state index in [1.54, 1.807) is 6.20 Å². The molecule has 2 atom stereocenters. The second-order valence-electron chi connectivity index (χ2n) is 5.26. The van der Waals surface area contributed by atoms with Crippen LogP contribution in [0, 0.1) is 0 Å². The van der Waals surface area contributed by atoms with E-state index >= 15 is 0 Å². The fourth-order valence-electron chi connectivity index (χ4n) is 2.26. The lowest BCUT2D eigenvalue weighted by Gasteiger charge is -2.29. The summed E-state index contributed by atoms with van der Waals surface area (Å²) in [6.07, 6.45) is 3.86. The van der Waals surface area contributed by atoms with Crippen LogP contribution in [-0.2, 0) is 4.74 Å². The van der Waals surface area contributed by atoms with E-state index < -0.39 is 0 Å². The SMILES string of the molecule is CC1CC(Nc2cnn(C(C)C)c(=O)c2Br)CCO1. The Bertz CT molecular complexity index is 501. The highest BCUT2D eigenvalue weighted by Gasteiger charge is 2.21. The molecule has 1 saturated heterocycles. The number of nitrogens with one attached hydrogen (secondary N) is 1. The first kappa shape index (κ1) is 14.5. The number of aromatic nitrogens is 2. The van der Waals surface area contributed by atoms with Crippen LogP contribution in [0.25, 0.3) is 0 Å². The van der Waals surface area contributed by atoms with Gasteiger partial charge in [-0.1, -0.05) is 0 Å². The molecule has 1 fully saturated rings. The van der Waals surface area contributed by atoms with Gasteiger partial charge in [0.1, 0.15) is 4.47 Å². The van der Waals surface area contributed by atoms with E-state index in [0.29, 0.717) is 10.5 Å². The van der Waals surface area contributed by atoms with Crippen LogP contribution in [0.1, 0.15) is 39.7 Å². The van der Waals surface area contributed by atoms with E-state index in [1.165, 1.54) is 4.68 Å². The first-order chi connectivity index (χ1) is 8.99. The molecular formula is C13H20BrN3O2. The first-order valence-electron chi connectivity index (χ1n) is 6.64. The highest BCUT2D eigenvalue weighted by atomic mass is 79.9. The van der Waals surface area contributed by atoms with Crippen LogP contribution in [0.2, 0.25) is 0 Å². The number of hydrogen-bond donors (Lipinski definition) is 1. The van der Waals surface area contributed by atoms with Crippen LogP contribution < -0.4 is 10.9 Å². The second kappa shape index (κ2) is 6.05.